The average Bonchev–Trinajstić information content (AvgIpc) is 2.95. The molecule has 0 aromatic heterocycles. The lowest BCUT2D eigenvalue weighted by atomic mass is 10.0. The molecule has 1 heterocycles. The van der Waals surface area contributed by atoms with Gasteiger partial charge in [-0.3, -0.25) is 14.4 Å². The molecule has 1 saturated heterocycles. The fraction of sp³-hybridized carbons (Fsp3) is 0.379. The maximum atomic E-state index is 13.1. The van der Waals surface area contributed by atoms with Gasteiger partial charge in [-0.15, -0.1) is 0 Å². The van der Waals surface area contributed by atoms with E-state index in [9.17, 15) is 24.3 Å². The summed E-state index contributed by atoms with van der Waals surface area (Å²) < 4.78 is 5.68. The Balaban J connectivity index is 1.65. The van der Waals surface area contributed by atoms with Crippen molar-refractivity contribution in [3.05, 3.63) is 59.2 Å². The fourth-order valence-corrected chi connectivity index (χ4v) is 4.31. The number of anilines is 1. The third-order valence-electron chi connectivity index (χ3n) is 6.49. The van der Waals surface area contributed by atoms with Crippen LogP contribution in [0, 0.1) is 11.8 Å². The first-order valence-electron chi connectivity index (χ1n) is 12.5. The van der Waals surface area contributed by atoms with Crippen molar-refractivity contribution < 1.29 is 29.0 Å². The summed E-state index contributed by atoms with van der Waals surface area (Å²) in [5, 5.41) is 12.2. The van der Waals surface area contributed by atoms with Crippen molar-refractivity contribution in [1.29, 1.82) is 0 Å². The minimum Gasteiger partial charge on any atom is -0.481 e. The van der Waals surface area contributed by atoms with Gasteiger partial charge in [0.1, 0.15) is 24.7 Å². The Labute approximate surface area is 222 Å². The molecule has 9 nitrogen and oxygen atoms in total. The molecule has 1 aliphatic heterocycles. The molecule has 1 aliphatic rings. The van der Waals surface area contributed by atoms with Gasteiger partial charge in [-0.1, -0.05) is 17.9 Å². The van der Waals surface area contributed by atoms with Crippen LogP contribution in [0.4, 0.5) is 5.69 Å². The second-order valence-electron chi connectivity index (χ2n) is 9.02. The molecular formula is C29H33N3O6. The lowest BCUT2D eigenvalue weighted by molar-refractivity contribution is -0.125. The van der Waals surface area contributed by atoms with E-state index in [-0.39, 0.29) is 36.7 Å². The van der Waals surface area contributed by atoms with Crippen LogP contribution in [0.3, 0.4) is 0 Å². The third-order valence-corrected chi connectivity index (χ3v) is 6.49. The molecule has 9 heteroatoms. The van der Waals surface area contributed by atoms with E-state index < -0.39 is 17.9 Å². The highest BCUT2D eigenvalue weighted by Crippen LogP contribution is 2.22. The zero-order chi connectivity index (χ0) is 27.5. The molecule has 2 aromatic carbocycles. The maximum absolute atomic E-state index is 13.1. The Bertz CT molecular complexity index is 1210. The van der Waals surface area contributed by atoms with E-state index in [0.717, 1.165) is 37.2 Å². The van der Waals surface area contributed by atoms with Gasteiger partial charge in [0.05, 0.1) is 11.7 Å². The molecule has 3 rings (SSSR count). The van der Waals surface area contributed by atoms with Gasteiger partial charge < -0.3 is 29.8 Å². The Kier molecular flexibility index (Phi) is 10.4. The predicted molar refractivity (Wildman–Crippen MR) is 143 cm³/mol. The number of likely N-dealkylation sites (N-methyl/N-ethyl adjacent to an activating group) is 2. The molecule has 1 atom stereocenters. The van der Waals surface area contributed by atoms with Crippen molar-refractivity contribution >= 4 is 30.1 Å². The molecule has 0 aliphatic carbocycles. The molecule has 1 fully saturated rings. The molecule has 2 N–H and O–H groups in total. The van der Waals surface area contributed by atoms with Crippen molar-refractivity contribution in [1.82, 2.24) is 10.2 Å². The van der Waals surface area contributed by atoms with Crippen LogP contribution in [0.1, 0.15) is 52.0 Å². The lowest BCUT2D eigenvalue weighted by Crippen LogP contribution is -2.47. The number of piperidine rings is 1. The second-order valence-corrected chi connectivity index (χ2v) is 9.02. The van der Waals surface area contributed by atoms with Crippen molar-refractivity contribution in [3.8, 4) is 17.6 Å². The van der Waals surface area contributed by atoms with E-state index in [2.05, 4.69) is 22.1 Å². The smallest absolute Gasteiger partial charge is 0.255 e. The first-order chi connectivity index (χ1) is 18.4. The number of carbonyl (C=O) groups excluding carboxylic acids is 4. The molecule has 0 bridgehead atoms. The van der Waals surface area contributed by atoms with Crippen LogP contribution in [0.2, 0.25) is 0 Å². The highest BCUT2D eigenvalue weighted by Gasteiger charge is 2.28. The van der Waals surface area contributed by atoms with Gasteiger partial charge in [0, 0.05) is 50.4 Å². The number of nitrogens with one attached hydrogen (secondary N) is 1. The molecule has 2 amide bonds. The molecular weight excluding hydrogens is 486 g/mol. The van der Waals surface area contributed by atoms with E-state index in [1.54, 1.807) is 6.07 Å². The van der Waals surface area contributed by atoms with Gasteiger partial charge in [0.25, 0.3) is 5.91 Å². The minimum atomic E-state index is -0.844. The van der Waals surface area contributed by atoms with E-state index in [4.69, 9.17) is 4.74 Å². The summed E-state index contributed by atoms with van der Waals surface area (Å²) >= 11 is 0. The molecule has 2 aromatic rings. The largest absolute Gasteiger partial charge is 0.481 e. The van der Waals surface area contributed by atoms with Crippen LogP contribution in [0.25, 0.3) is 0 Å². The number of benzene rings is 2. The van der Waals surface area contributed by atoms with Gasteiger partial charge in [0.2, 0.25) is 5.91 Å². The number of amides is 2. The number of aliphatic hydroxyl groups excluding tert-OH is 1. The number of hydrogen-bond donors (Lipinski definition) is 2. The maximum Gasteiger partial charge on any atom is 0.255 e. The zero-order valence-corrected chi connectivity index (χ0v) is 21.7. The SMILES string of the molecule is CNC(=O)C(CCC=O)N(C)C(=O)c1ccc(OCC#Cc2cccc(N3CCC(O)CC3)c2)cc1C=O. The van der Waals surface area contributed by atoms with Gasteiger partial charge in [-0.05, 0) is 55.7 Å². The van der Waals surface area contributed by atoms with Crippen molar-refractivity contribution in [2.45, 2.75) is 37.8 Å². The van der Waals surface area contributed by atoms with E-state index >= 15 is 0 Å². The highest BCUT2D eigenvalue weighted by molar-refractivity contribution is 6.03. The minimum absolute atomic E-state index is 0.0794. The summed E-state index contributed by atoms with van der Waals surface area (Å²) in [7, 11) is 2.92. The molecule has 0 spiro atoms. The van der Waals surface area contributed by atoms with Crippen LogP contribution in [-0.2, 0) is 9.59 Å². The number of aliphatic hydroxyl groups is 1. The Hall–Kier alpha value is -4.16. The summed E-state index contributed by atoms with van der Waals surface area (Å²) in [5.41, 5.74) is 2.16. The zero-order valence-electron chi connectivity index (χ0n) is 21.7. The van der Waals surface area contributed by atoms with Crippen molar-refractivity contribution in [3.63, 3.8) is 0 Å². The fourth-order valence-electron chi connectivity index (χ4n) is 4.31. The Morgan fingerprint density at radius 1 is 1.21 bits per heavy atom. The Morgan fingerprint density at radius 2 is 1.97 bits per heavy atom. The van der Waals surface area contributed by atoms with E-state index in [1.165, 1.54) is 31.1 Å². The van der Waals surface area contributed by atoms with Crippen molar-refractivity contribution in [2.24, 2.45) is 0 Å². The monoisotopic (exact) mass is 519 g/mol. The number of aldehydes is 2. The summed E-state index contributed by atoms with van der Waals surface area (Å²) in [6, 6.07) is 11.6. The van der Waals surface area contributed by atoms with Crippen LogP contribution < -0.4 is 15.0 Å². The molecule has 200 valence electrons. The number of ether oxygens (including phenoxy) is 1. The second kappa shape index (κ2) is 14.0. The molecule has 0 radical (unpaired) electrons. The normalized spacial score (nSPS) is 14.0. The third kappa shape index (κ3) is 7.43. The Morgan fingerprint density at radius 3 is 2.66 bits per heavy atom. The predicted octanol–water partition coefficient (Wildman–Crippen LogP) is 2.06. The van der Waals surface area contributed by atoms with Gasteiger partial charge in [0.15, 0.2) is 6.29 Å². The van der Waals surface area contributed by atoms with Gasteiger partial charge in [-0.25, -0.2) is 0 Å². The molecule has 0 saturated carbocycles. The first-order valence-corrected chi connectivity index (χ1v) is 12.5. The lowest BCUT2D eigenvalue weighted by Gasteiger charge is -2.31. The van der Waals surface area contributed by atoms with Crippen LogP contribution in [-0.4, -0.2) is 80.3 Å². The summed E-state index contributed by atoms with van der Waals surface area (Å²) in [6.07, 6.45) is 2.82. The standard InChI is InChI=1S/C29H33N3O6/c1-30-28(36)27(9-4-16-33)31(2)29(37)26-11-10-25(19-22(26)20-34)38-17-5-7-21-6-3-8-23(18-21)32-14-12-24(35)13-15-32/h3,6,8,10-11,16,18-20,24,27,35H,4,9,12-15,17H2,1-2H3,(H,30,36). The first kappa shape index (κ1) is 28.4. The van der Waals surface area contributed by atoms with Crippen molar-refractivity contribution in [2.75, 3.05) is 38.7 Å². The molecule has 1 unspecified atom stereocenters. The summed E-state index contributed by atoms with van der Waals surface area (Å²) in [6.45, 7) is 1.69. The number of carbonyl (C=O) groups is 4. The van der Waals surface area contributed by atoms with Crippen LogP contribution >= 0.6 is 0 Å². The average molecular weight is 520 g/mol. The molecule has 38 heavy (non-hydrogen) atoms. The van der Waals surface area contributed by atoms with Crippen LogP contribution in [0.15, 0.2) is 42.5 Å². The quantitative estimate of drug-likeness (QED) is 0.365. The summed E-state index contributed by atoms with van der Waals surface area (Å²) in [5.74, 6) is 5.52. The van der Waals surface area contributed by atoms with E-state index in [0.29, 0.717) is 18.3 Å². The van der Waals surface area contributed by atoms with Gasteiger partial charge in [-0.2, -0.15) is 0 Å². The number of rotatable bonds is 10. The number of hydrogen-bond acceptors (Lipinski definition) is 7. The highest BCUT2D eigenvalue weighted by atomic mass is 16.5. The summed E-state index contributed by atoms with van der Waals surface area (Å²) in [4.78, 5) is 51.3. The van der Waals surface area contributed by atoms with Crippen LogP contribution in [0.5, 0.6) is 5.75 Å². The number of nitrogens with zero attached hydrogens (tertiary/aromatic N) is 2. The van der Waals surface area contributed by atoms with E-state index in [1.807, 2.05) is 24.3 Å². The topological polar surface area (TPSA) is 116 Å². The van der Waals surface area contributed by atoms with Gasteiger partial charge >= 0.3 is 0 Å².